The molecule has 8 heteroatoms. The van der Waals surface area contributed by atoms with Crippen LogP contribution in [0.4, 0.5) is 0 Å². The van der Waals surface area contributed by atoms with E-state index in [0.717, 1.165) is 25.9 Å². The standard InChI is InChI=1S/C13H21N5O3/c1-13(2,12(20)21-3)15-11(19)10-8-18(17-16-10)9-4-6-14-7-5-9/h8-9,14H,4-7H2,1-3H3,(H,15,19). The summed E-state index contributed by atoms with van der Waals surface area (Å²) < 4.78 is 6.37. The maximum Gasteiger partial charge on any atom is 0.330 e. The zero-order valence-electron chi connectivity index (χ0n) is 12.5. The van der Waals surface area contributed by atoms with E-state index in [2.05, 4.69) is 25.7 Å². The molecule has 0 radical (unpaired) electrons. The third-order valence-electron chi connectivity index (χ3n) is 3.55. The van der Waals surface area contributed by atoms with Crippen LogP contribution in [0.5, 0.6) is 0 Å². The topological polar surface area (TPSA) is 98.1 Å². The molecule has 0 aromatic carbocycles. The number of hydrogen-bond acceptors (Lipinski definition) is 6. The van der Waals surface area contributed by atoms with Crippen LogP contribution >= 0.6 is 0 Å². The molecule has 1 aromatic rings. The van der Waals surface area contributed by atoms with Gasteiger partial charge in [-0.3, -0.25) is 4.79 Å². The molecular formula is C13H21N5O3. The molecule has 0 atom stereocenters. The van der Waals surface area contributed by atoms with E-state index in [1.807, 2.05) is 0 Å². The van der Waals surface area contributed by atoms with Gasteiger partial charge in [0.25, 0.3) is 5.91 Å². The lowest BCUT2D eigenvalue weighted by Crippen LogP contribution is -2.50. The highest BCUT2D eigenvalue weighted by atomic mass is 16.5. The summed E-state index contributed by atoms with van der Waals surface area (Å²) in [6.45, 7) is 5.02. The first-order valence-electron chi connectivity index (χ1n) is 6.97. The van der Waals surface area contributed by atoms with Crippen LogP contribution in [0.15, 0.2) is 6.20 Å². The van der Waals surface area contributed by atoms with Gasteiger partial charge in [0.1, 0.15) is 5.54 Å². The van der Waals surface area contributed by atoms with Crippen molar-refractivity contribution in [3.63, 3.8) is 0 Å². The Bertz CT molecular complexity index is 520. The lowest BCUT2D eigenvalue weighted by Gasteiger charge is -2.22. The van der Waals surface area contributed by atoms with E-state index < -0.39 is 17.4 Å². The van der Waals surface area contributed by atoms with Crippen LogP contribution in [0.2, 0.25) is 0 Å². The number of ether oxygens (including phenoxy) is 1. The van der Waals surface area contributed by atoms with E-state index in [4.69, 9.17) is 0 Å². The van der Waals surface area contributed by atoms with Gasteiger partial charge in [-0.05, 0) is 39.8 Å². The molecule has 1 aliphatic rings. The predicted molar refractivity (Wildman–Crippen MR) is 74.7 cm³/mol. The molecule has 0 saturated carbocycles. The average molecular weight is 295 g/mol. The maximum absolute atomic E-state index is 12.1. The fraction of sp³-hybridized carbons (Fsp3) is 0.692. The Morgan fingerprint density at radius 2 is 2.10 bits per heavy atom. The van der Waals surface area contributed by atoms with E-state index in [1.165, 1.54) is 7.11 Å². The second-order valence-corrected chi connectivity index (χ2v) is 5.64. The van der Waals surface area contributed by atoms with E-state index >= 15 is 0 Å². The third kappa shape index (κ3) is 3.57. The Hall–Kier alpha value is -1.96. The number of amides is 1. The van der Waals surface area contributed by atoms with Crippen molar-refractivity contribution in [2.75, 3.05) is 20.2 Å². The molecule has 0 unspecified atom stereocenters. The second-order valence-electron chi connectivity index (χ2n) is 5.64. The van der Waals surface area contributed by atoms with Crippen LogP contribution in [-0.4, -0.2) is 52.6 Å². The molecule has 8 nitrogen and oxygen atoms in total. The van der Waals surface area contributed by atoms with Crippen molar-refractivity contribution in [1.29, 1.82) is 0 Å². The van der Waals surface area contributed by atoms with Crippen LogP contribution in [0.25, 0.3) is 0 Å². The molecule has 2 heterocycles. The lowest BCUT2D eigenvalue weighted by atomic mass is 10.1. The van der Waals surface area contributed by atoms with Gasteiger partial charge in [-0.25, -0.2) is 9.48 Å². The molecule has 0 bridgehead atoms. The molecule has 2 N–H and O–H groups in total. The van der Waals surface area contributed by atoms with Crippen LogP contribution in [0.3, 0.4) is 0 Å². The highest BCUT2D eigenvalue weighted by Crippen LogP contribution is 2.17. The predicted octanol–water partition coefficient (Wildman–Crippen LogP) is -0.116. The second kappa shape index (κ2) is 6.21. The summed E-state index contributed by atoms with van der Waals surface area (Å²) in [4.78, 5) is 23.7. The number of hydrogen-bond donors (Lipinski definition) is 2. The van der Waals surface area contributed by atoms with Gasteiger partial charge in [-0.15, -0.1) is 5.10 Å². The minimum Gasteiger partial charge on any atom is -0.467 e. The molecule has 1 saturated heterocycles. The normalized spacial score (nSPS) is 16.5. The Labute approximate surface area is 123 Å². The van der Waals surface area contributed by atoms with E-state index in [0.29, 0.717) is 0 Å². The molecule has 2 rings (SSSR count). The molecule has 0 aliphatic carbocycles. The molecule has 1 aromatic heterocycles. The van der Waals surface area contributed by atoms with Crippen molar-refractivity contribution in [3.8, 4) is 0 Å². The summed E-state index contributed by atoms with van der Waals surface area (Å²) in [5.41, 5.74) is -0.907. The smallest absolute Gasteiger partial charge is 0.330 e. The van der Waals surface area contributed by atoms with Gasteiger partial charge in [-0.1, -0.05) is 5.21 Å². The number of carbonyl (C=O) groups excluding carboxylic acids is 2. The zero-order valence-corrected chi connectivity index (χ0v) is 12.5. The largest absolute Gasteiger partial charge is 0.467 e. The molecule has 21 heavy (non-hydrogen) atoms. The summed E-state index contributed by atoms with van der Waals surface area (Å²) >= 11 is 0. The number of piperidine rings is 1. The van der Waals surface area contributed by atoms with Gasteiger partial charge in [-0.2, -0.15) is 0 Å². The van der Waals surface area contributed by atoms with Gasteiger partial charge >= 0.3 is 5.97 Å². The number of rotatable bonds is 4. The number of aromatic nitrogens is 3. The maximum atomic E-state index is 12.1. The molecule has 1 aliphatic heterocycles. The fourth-order valence-corrected chi connectivity index (χ4v) is 2.28. The first kappa shape index (κ1) is 15.4. The van der Waals surface area contributed by atoms with Gasteiger partial charge in [0.15, 0.2) is 5.69 Å². The summed E-state index contributed by atoms with van der Waals surface area (Å²) in [5.74, 6) is -0.952. The monoisotopic (exact) mass is 295 g/mol. The van der Waals surface area contributed by atoms with Crippen LogP contribution in [0, 0.1) is 0 Å². The van der Waals surface area contributed by atoms with E-state index in [-0.39, 0.29) is 11.7 Å². The van der Waals surface area contributed by atoms with Crippen molar-refractivity contribution in [2.24, 2.45) is 0 Å². The fourth-order valence-electron chi connectivity index (χ4n) is 2.28. The van der Waals surface area contributed by atoms with Crippen molar-refractivity contribution >= 4 is 11.9 Å². The molecule has 116 valence electrons. The van der Waals surface area contributed by atoms with Gasteiger partial charge in [0, 0.05) is 0 Å². The van der Waals surface area contributed by atoms with Crippen molar-refractivity contribution in [2.45, 2.75) is 38.3 Å². The molecule has 1 amide bonds. The molecule has 1 fully saturated rings. The number of esters is 1. The van der Waals surface area contributed by atoms with Crippen LogP contribution in [-0.2, 0) is 9.53 Å². The Morgan fingerprint density at radius 3 is 2.71 bits per heavy atom. The Morgan fingerprint density at radius 1 is 1.43 bits per heavy atom. The van der Waals surface area contributed by atoms with Crippen molar-refractivity contribution < 1.29 is 14.3 Å². The summed E-state index contributed by atoms with van der Waals surface area (Å²) in [6.07, 6.45) is 3.54. The van der Waals surface area contributed by atoms with E-state index in [1.54, 1.807) is 24.7 Å². The highest BCUT2D eigenvalue weighted by Gasteiger charge is 2.31. The van der Waals surface area contributed by atoms with Crippen molar-refractivity contribution in [1.82, 2.24) is 25.6 Å². The lowest BCUT2D eigenvalue weighted by molar-refractivity contribution is -0.146. The number of carbonyl (C=O) groups is 2. The number of nitrogens with one attached hydrogen (secondary N) is 2. The van der Waals surface area contributed by atoms with Gasteiger partial charge in [0.05, 0.1) is 19.3 Å². The summed E-state index contributed by atoms with van der Waals surface area (Å²) in [5, 5.41) is 13.8. The average Bonchev–Trinajstić information content (AvgIpc) is 2.96. The first-order chi connectivity index (χ1) is 9.94. The van der Waals surface area contributed by atoms with Crippen molar-refractivity contribution in [3.05, 3.63) is 11.9 Å². The first-order valence-corrected chi connectivity index (χ1v) is 6.97. The molecule has 0 spiro atoms. The number of methoxy groups -OCH3 is 1. The quantitative estimate of drug-likeness (QED) is 0.752. The highest BCUT2D eigenvalue weighted by molar-refractivity contribution is 5.96. The van der Waals surface area contributed by atoms with E-state index in [9.17, 15) is 9.59 Å². The van der Waals surface area contributed by atoms with Crippen LogP contribution < -0.4 is 10.6 Å². The van der Waals surface area contributed by atoms with Gasteiger partial charge in [0.2, 0.25) is 0 Å². The third-order valence-corrected chi connectivity index (χ3v) is 3.55. The Balaban J connectivity index is 2.03. The summed E-state index contributed by atoms with van der Waals surface area (Å²) in [7, 11) is 1.28. The Kier molecular flexibility index (Phi) is 4.56. The summed E-state index contributed by atoms with van der Waals surface area (Å²) in [6, 6.07) is 0.258. The molecular weight excluding hydrogens is 274 g/mol. The minimum atomic E-state index is -1.11. The van der Waals surface area contributed by atoms with Gasteiger partial charge < -0.3 is 15.4 Å². The SMILES string of the molecule is COC(=O)C(C)(C)NC(=O)c1cn(C2CCNCC2)nn1. The minimum absolute atomic E-state index is 0.200. The van der Waals surface area contributed by atoms with Crippen LogP contribution in [0.1, 0.15) is 43.2 Å². The zero-order chi connectivity index (χ0) is 15.5. The number of nitrogens with zero attached hydrogens (tertiary/aromatic N) is 3.